The van der Waals surface area contributed by atoms with E-state index in [1.807, 2.05) is 31.2 Å². The van der Waals surface area contributed by atoms with Gasteiger partial charge in [0.1, 0.15) is 5.75 Å². The summed E-state index contributed by atoms with van der Waals surface area (Å²) in [6.45, 7) is 8.19. The van der Waals surface area contributed by atoms with Gasteiger partial charge in [0, 0.05) is 51.5 Å². The van der Waals surface area contributed by atoms with E-state index in [0.717, 1.165) is 69.8 Å². The molecule has 2 fully saturated rings. The highest BCUT2D eigenvalue weighted by Gasteiger charge is 2.27. The number of fused-ring (bicyclic) bond motifs is 1. The first-order valence-electron chi connectivity index (χ1n) is 15.6. The second-order valence-electron chi connectivity index (χ2n) is 11.6. The number of amides is 1. The number of nitrogens with zero attached hydrogens (tertiary/aromatic N) is 6. The van der Waals surface area contributed by atoms with Crippen LogP contribution in [0, 0.1) is 6.92 Å². The fraction of sp³-hybridized carbons (Fsp3) is 0.412. The monoisotopic (exact) mass is 596 g/mol. The SMILES string of the molecule is COc1ccccc1N1CCN(CCCCn2c(=O)n(-c3ccccc3)c(=O)c3c(C(=O)N4CCCC4)cc(C)nc32)CC1. The van der Waals surface area contributed by atoms with Crippen molar-refractivity contribution in [3.05, 3.63) is 92.8 Å². The molecule has 10 nitrogen and oxygen atoms in total. The van der Waals surface area contributed by atoms with Crippen LogP contribution in [0.1, 0.15) is 41.7 Å². The summed E-state index contributed by atoms with van der Waals surface area (Å²) in [5.74, 6) is 0.719. The molecule has 0 bridgehead atoms. The smallest absolute Gasteiger partial charge is 0.337 e. The number of benzene rings is 2. The first-order valence-corrected chi connectivity index (χ1v) is 15.6. The van der Waals surface area contributed by atoms with E-state index >= 15 is 0 Å². The first kappa shape index (κ1) is 29.6. The fourth-order valence-electron chi connectivity index (χ4n) is 6.45. The maximum Gasteiger partial charge on any atom is 0.337 e. The number of rotatable bonds is 9. The van der Waals surface area contributed by atoms with E-state index in [4.69, 9.17) is 4.74 Å². The number of hydrogen-bond donors (Lipinski definition) is 0. The van der Waals surface area contributed by atoms with Crippen LogP contribution in [0.2, 0.25) is 0 Å². The Bertz CT molecular complexity index is 1750. The summed E-state index contributed by atoms with van der Waals surface area (Å²) in [5, 5.41) is 0.211. The lowest BCUT2D eigenvalue weighted by molar-refractivity contribution is 0.0794. The molecule has 4 aromatic rings. The van der Waals surface area contributed by atoms with Crippen molar-refractivity contribution in [2.45, 2.75) is 39.2 Å². The number of para-hydroxylation sites is 3. The molecule has 230 valence electrons. The van der Waals surface area contributed by atoms with Crippen LogP contribution in [0.4, 0.5) is 5.69 Å². The third kappa shape index (κ3) is 5.86. The molecule has 6 rings (SSSR count). The zero-order valence-electron chi connectivity index (χ0n) is 25.6. The largest absolute Gasteiger partial charge is 0.495 e. The van der Waals surface area contributed by atoms with Crippen LogP contribution in [0.15, 0.2) is 70.3 Å². The van der Waals surface area contributed by atoms with Crippen molar-refractivity contribution in [2.75, 3.05) is 57.8 Å². The number of ether oxygens (including phenoxy) is 1. The molecule has 44 heavy (non-hydrogen) atoms. The number of aryl methyl sites for hydroxylation is 2. The van der Waals surface area contributed by atoms with E-state index in [0.29, 0.717) is 42.2 Å². The zero-order chi connectivity index (χ0) is 30.6. The predicted molar refractivity (Wildman–Crippen MR) is 172 cm³/mol. The fourth-order valence-corrected chi connectivity index (χ4v) is 6.45. The van der Waals surface area contributed by atoms with E-state index in [-0.39, 0.29) is 11.3 Å². The van der Waals surface area contributed by atoms with Crippen LogP contribution in [0.25, 0.3) is 16.7 Å². The molecule has 2 saturated heterocycles. The van der Waals surface area contributed by atoms with Gasteiger partial charge in [0.2, 0.25) is 0 Å². The number of pyridine rings is 1. The molecular formula is C34H40N6O4. The third-order valence-corrected chi connectivity index (χ3v) is 8.77. The van der Waals surface area contributed by atoms with Gasteiger partial charge in [-0.2, -0.15) is 0 Å². The first-order chi connectivity index (χ1) is 21.5. The lowest BCUT2D eigenvalue weighted by Crippen LogP contribution is -2.46. The number of hydrogen-bond acceptors (Lipinski definition) is 7. The van der Waals surface area contributed by atoms with Gasteiger partial charge in [-0.15, -0.1) is 0 Å². The minimum absolute atomic E-state index is 0.174. The Morgan fingerprint density at radius 2 is 1.55 bits per heavy atom. The highest BCUT2D eigenvalue weighted by Crippen LogP contribution is 2.28. The molecule has 0 N–H and O–H groups in total. The van der Waals surface area contributed by atoms with Gasteiger partial charge in [0.05, 0.1) is 29.4 Å². The van der Waals surface area contributed by atoms with Gasteiger partial charge in [-0.1, -0.05) is 30.3 Å². The highest BCUT2D eigenvalue weighted by atomic mass is 16.5. The Morgan fingerprint density at radius 1 is 0.864 bits per heavy atom. The Morgan fingerprint density at radius 3 is 2.27 bits per heavy atom. The average molecular weight is 597 g/mol. The van der Waals surface area contributed by atoms with Gasteiger partial charge in [0.15, 0.2) is 5.65 Å². The van der Waals surface area contributed by atoms with Crippen molar-refractivity contribution in [2.24, 2.45) is 0 Å². The maximum atomic E-state index is 14.0. The van der Waals surface area contributed by atoms with Crippen LogP contribution in [-0.4, -0.2) is 82.7 Å². The molecule has 0 spiro atoms. The van der Waals surface area contributed by atoms with Crippen LogP contribution in [-0.2, 0) is 6.54 Å². The van der Waals surface area contributed by atoms with Crippen molar-refractivity contribution in [3.8, 4) is 11.4 Å². The Kier molecular flexibility index (Phi) is 8.79. The number of anilines is 1. The van der Waals surface area contributed by atoms with Crippen molar-refractivity contribution in [1.29, 1.82) is 0 Å². The van der Waals surface area contributed by atoms with Crippen molar-refractivity contribution in [3.63, 3.8) is 0 Å². The van der Waals surface area contributed by atoms with Gasteiger partial charge >= 0.3 is 5.69 Å². The summed E-state index contributed by atoms with van der Waals surface area (Å²) in [6.07, 6.45) is 3.52. The number of piperazine rings is 1. The van der Waals surface area contributed by atoms with Crippen LogP contribution in [0.3, 0.4) is 0 Å². The molecule has 0 radical (unpaired) electrons. The van der Waals surface area contributed by atoms with Gasteiger partial charge < -0.3 is 14.5 Å². The molecule has 0 unspecified atom stereocenters. The minimum atomic E-state index is -0.504. The normalized spacial score (nSPS) is 15.7. The molecule has 2 aliphatic heterocycles. The van der Waals surface area contributed by atoms with Crippen LogP contribution in [0.5, 0.6) is 5.75 Å². The van der Waals surface area contributed by atoms with E-state index in [2.05, 4.69) is 20.9 Å². The standard InChI is InChI=1S/C34H40N6O4/c1-25-24-27(32(41)38-17-9-10-18-38)30-31(35-25)39(34(43)40(33(30)42)26-12-4-3-5-13-26)19-11-8-16-36-20-22-37(23-21-36)28-14-6-7-15-29(28)44-2/h3-7,12-15,24H,8-11,16-23H2,1-2H3. The number of likely N-dealkylation sites (tertiary alicyclic amines) is 1. The summed E-state index contributed by atoms with van der Waals surface area (Å²) in [5.41, 5.74) is 1.89. The predicted octanol–water partition coefficient (Wildman–Crippen LogP) is 3.70. The number of aromatic nitrogens is 3. The third-order valence-electron chi connectivity index (χ3n) is 8.77. The molecule has 2 aromatic carbocycles. The molecule has 2 aliphatic rings. The topological polar surface area (TPSA) is 92.9 Å². The summed E-state index contributed by atoms with van der Waals surface area (Å²) < 4.78 is 8.34. The second-order valence-corrected chi connectivity index (χ2v) is 11.6. The van der Waals surface area contributed by atoms with E-state index in [1.54, 1.807) is 46.9 Å². The Balaban J connectivity index is 1.24. The molecule has 0 aliphatic carbocycles. The summed E-state index contributed by atoms with van der Waals surface area (Å²) in [7, 11) is 1.71. The van der Waals surface area contributed by atoms with Gasteiger partial charge in [0.25, 0.3) is 11.5 Å². The second kappa shape index (κ2) is 13.1. The molecule has 0 atom stereocenters. The lowest BCUT2D eigenvalue weighted by atomic mass is 10.1. The van der Waals surface area contributed by atoms with E-state index in [9.17, 15) is 14.4 Å². The molecule has 10 heteroatoms. The highest BCUT2D eigenvalue weighted by molar-refractivity contribution is 6.05. The molecular weight excluding hydrogens is 556 g/mol. The lowest BCUT2D eigenvalue weighted by Gasteiger charge is -2.36. The van der Waals surface area contributed by atoms with Gasteiger partial charge in [-0.05, 0) is 69.5 Å². The average Bonchev–Trinajstić information content (AvgIpc) is 3.60. The Hall–Kier alpha value is -4.44. The Labute approximate surface area is 257 Å². The quantitative estimate of drug-likeness (QED) is 0.272. The number of methoxy groups -OCH3 is 1. The number of carbonyl (C=O) groups excluding carboxylic acids is 1. The summed E-state index contributed by atoms with van der Waals surface area (Å²) in [4.78, 5) is 52.8. The molecule has 1 amide bonds. The van der Waals surface area contributed by atoms with E-state index < -0.39 is 11.2 Å². The summed E-state index contributed by atoms with van der Waals surface area (Å²) >= 11 is 0. The number of unbranched alkanes of at least 4 members (excludes halogenated alkanes) is 1. The van der Waals surface area contributed by atoms with Gasteiger partial charge in [-0.3, -0.25) is 19.1 Å². The molecule has 2 aromatic heterocycles. The van der Waals surface area contributed by atoms with E-state index in [1.165, 1.54) is 4.57 Å². The van der Waals surface area contributed by atoms with Crippen molar-refractivity contribution >= 4 is 22.6 Å². The minimum Gasteiger partial charge on any atom is -0.495 e. The van der Waals surface area contributed by atoms with Gasteiger partial charge in [-0.25, -0.2) is 14.3 Å². The molecule has 4 heterocycles. The van der Waals surface area contributed by atoms with Crippen molar-refractivity contribution in [1.82, 2.24) is 23.9 Å². The maximum absolute atomic E-state index is 14.0. The zero-order valence-corrected chi connectivity index (χ0v) is 25.6. The van der Waals surface area contributed by atoms with Crippen LogP contribution < -0.4 is 20.9 Å². The van der Waals surface area contributed by atoms with Crippen LogP contribution >= 0.6 is 0 Å². The summed E-state index contributed by atoms with van der Waals surface area (Å²) in [6, 6.07) is 18.7. The number of carbonyl (C=O) groups is 1. The van der Waals surface area contributed by atoms with Crippen molar-refractivity contribution < 1.29 is 9.53 Å². The molecule has 0 saturated carbocycles.